The number of carbonyl (C=O) groups is 2. The van der Waals surface area contributed by atoms with Gasteiger partial charge in [-0.25, -0.2) is 4.39 Å². The number of allylic oxidation sites excluding steroid dienone is 6. The molecule has 3 atom stereocenters. The highest BCUT2D eigenvalue weighted by Crippen LogP contribution is 2.35. The predicted octanol–water partition coefficient (Wildman–Crippen LogP) is 9.66. The summed E-state index contributed by atoms with van der Waals surface area (Å²) in [6.07, 6.45) is 12.6. The molecule has 0 heterocycles. The Balaban J connectivity index is 0.00000114. The molecule has 0 aliphatic heterocycles. The van der Waals surface area contributed by atoms with Gasteiger partial charge in [0.25, 0.3) is 5.91 Å². The van der Waals surface area contributed by atoms with Gasteiger partial charge in [0.2, 0.25) is 5.91 Å². The maximum absolute atomic E-state index is 13.6. The summed E-state index contributed by atoms with van der Waals surface area (Å²) in [4.78, 5) is 24.1. The van der Waals surface area contributed by atoms with Crippen molar-refractivity contribution in [2.45, 2.75) is 105 Å². The van der Waals surface area contributed by atoms with Gasteiger partial charge in [-0.3, -0.25) is 9.59 Å². The molecule has 49 heavy (non-hydrogen) atoms. The van der Waals surface area contributed by atoms with Gasteiger partial charge >= 0.3 is 0 Å². The van der Waals surface area contributed by atoms with Crippen molar-refractivity contribution < 1.29 is 14.0 Å². The second-order valence-electron chi connectivity index (χ2n) is 12.4. The Hall–Kier alpha value is -4.07. The van der Waals surface area contributed by atoms with Gasteiger partial charge in [-0.05, 0) is 72.1 Å². The lowest BCUT2D eigenvalue weighted by Crippen LogP contribution is -2.34. The third kappa shape index (κ3) is 18.9. The fourth-order valence-corrected chi connectivity index (χ4v) is 5.03. The quantitative estimate of drug-likeness (QED) is 0.0673. The van der Waals surface area contributed by atoms with Gasteiger partial charge in [0.05, 0.1) is 0 Å². The Kier molecular flexibility index (Phi) is 23.7. The van der Waals surface area contributed by atoms with Crippen molar-refractivity contribution >= 4 is 23.1 Å². The van der Waals surface area contributed by atoms with Crippen molar-refractivity contribution in [2.24, 2.45) is 29.0 Å². The van der Waals surface area contributed by atoms with Crippen LogP contribution in [-0.2, 0) is 9.59 Å². The summed E-state index contributed by atoms with van der Waals surface area (Å²) >= 11 is 0. The molecule has 2 aromatic rings. The normalized spacial score (nSPS) is 13.1. The van der Waals surface area contributed by atoms with Gasteiger partial charge < -0.3 is 22.5 Å². The lowest BCUT2D eigenvalue weighted by atomic mass is 9.81. The molecule has 0 aliphatic carbocycles. The van der Waals surface area contributed by atoms with Crippen LogP contribution in [0.3, 0.4) is 0 Å². The molecule has 2 rings (SSSR count). The van der Waals surface area contributed by atoms with Crippen LogP contribution in [0.2, 0.25) is 0 Å². The number of anilines is 1. The van der Waals surface area contributed by atoms with E-state index in [-0.39, 0.29) is 48.0 Å². The molecule has 0 radical (unpaired) electrons. The number of primary amides is 1. The topological polar surface area (TPSA) is 124 Å². The van der Waals surface area contributed by atoms with E-state index in [2.05, 4.69) is 45.8 Å². The minimum atomic E-state index is -0.347. The summed E-state index contributed by atoms with van der Waals surface area (Å²) in [5, 5.41) is 3.03. The van der Waals surface area contributed by atoms with Crippen LogP contribution >= 0.6 is 0 Å². The number of rotatable bonds is 19. The first-order valence-corrected chi connectivity index (χ1v) is 17.6. The average Bonchev–Trinajstić information content (AvgIpc) is 3.06. The van der Waals surface area contributed by atoms with Crippen molar-refractivity contribution in [2.75, 3.05) is 5.32 Å². The number of hydrogen-bond acceptors (Lipinski definition) is 4. The van der Waals surface area contributed by atoms with Gasteiger partial charge in [0.1, 0.15) is 5.82 Å². The molecule has 2 aromatic carbocycles. The molecule has 6 nitrogen and oxygen atoms in total. The first-order chi connectivity index (χ1) is 23.3. The number of nitrogens with one attached hydrogen (secondary N) is 1. The summed E-state index contributed by atoms with van der Waals surface area (Å²) in [7, 11) is 0. The van der Waals surface area contributed by atoms with Crippen LogP contribution in [0.4, 0.5) is 10.1 Å². The second kappa shape index (κ2) is 25.9. The molecule has 270 valence electrons. The van der Waals surface area contributed by atoms with Crippen LogP contribution < -0.4 is 22.5 Å². The van der Waals surface area contributed by atoms with E-state index in [9.17, 15) is 14.0 Å². The maximum Gasteiger partial charge on any atom is 0.252 e. The Morgan fingerprint density at radius 3 is 2.06 bits per heavy atom. The number of unbranched alkanes of at least 4 members (excludes halogenated alkanes) is 3. The Labute approximate surface area is 296 Å². The van der Waals surface area contributed by atoms with Gasteiger partial charge in [-0.1, -0.05) is 141 Å². The van der Waals surface area contributed by atoms with Crippen molar-refractivity contribution in [1.82, 2.24) is 0 Å². The van der Waals surface area contributed by atoms with Crippen molar-refractivity contribution in [3.63, 3.8) is 0 Å². The molecule has 0 aliphatic rings. The van der Waals surface area contributed by atoms with Crippen LogP contribution in [0, 0.1) is 17.7 Å². The Bertz CT molecular complexity index is 1350. The van der Waals surface area contributed by atoms with Crippen LogP contribution in [0.25, 0.3) is 5.57 Å². The monoisotopic (exact) mass is 674 g/mol. The van der Waals surface area contributed by atoms with Crippen molar-refractivity contribution in [1.29, 1.82) is 0 Å². The first-order valence-electron chi connectivity index (χ1n) is 17.6. The number of halogens is 1. The molecular formula is C42H63FN4O2. The van der Waals surface area contributed by atoms with Gasteiger partial charge in [0.15, 0.2) is 0 Å². The molecule has 0 bridgehead atoms. The third-order valence-electron chi connectivity index (χ3n) is 7.98. The number of hydrogen-bond donors (Lipinski definition) is 4. The number of carbonyl (C=O) groups excluding carboxylic acids is 2. The molecule has 0 spiro atoms. The summed E-state index contributed by atoms with van der Waals surface area (Å²) in [6, 6.07) is 15.5. The fraction of sp³-hybridized carbons (Fsp3) is 0.429. The molecule has 0 saturated heterocycles. The third-order valence-corrected chi connectivity index (χ3v) is 7.98. The number of para-hydroxylation sites is 1. The first kappa shape index (κ1) is 44.9. The van der Waals surface area contributed by atoms with E-state index >= 15 is 0 Å². The van der Waals surface area contributed by atoms with Crippen LogP contribution in [0.5, 0.6) is 0 Å². The van der Waals surface area contributed by atoms with Crippen LogP contribution in [0.1, 0.15) is 98.5 Å². The molecule has 3 unspecified atom stereocenters. The standard InChI is InChI=1S/C29H32FNO.C11H25N3O.C2H6/c1-7-8-12-21(4)19-27(23(6)24-15-17-25(30)18-16-24)28(22(5)20(2)3)29(32)31-26-13-10-9-11-14-26;1-2-3-4-5-6-9(12)7-10(13)8-11(14)15;1-2/h7-18,20,22H,1,4,6,19H2,2-3,5H3,(H,31,32);9-10H,2-8,12-13H2,1H3,(H2,14,15);1-2H3/b12-8-,28-27+;;. The zero-order chi connectivity index (χ0) is 37.4. The zero-order valence-electron chi connectivity index (χ0n) is 30.9. The SMILES string of the molecule is C=C/C=C\C(=C)C/C(C(=C)c1ccc(F)cc1)=C(\C(=O)Nc1ccccc1)C(C)C(C)C.CC.CCCCCCC(N)CC(N)CC(N)=O. The molecule has 7 N–H and O–H groups in total. The highest BCUT2D eigenvalue weighted by molar-refractivity contribution is 6.07. The Morgan fingerprint density at radius 2 is 1.53 bits per heavy atom. The van der Waals surface area contributed by atoms with Gasteiger partial charge in [-0.2, -0.15) is 0 Å². The largest absolute Gasteiger partial charge is 0.370 e. The number of amides is 2. The van der Waals surface area contributed by atoms with E-state index in [1.165, 1.54) is 31.4 Å². The zero-order valence-corrected chi connectivity index (χ0v) is 30.9. The van der Waals surface area contributed by atoms with E-state index in [4.69, 9.17) is 17.2 Å². The average molecular weight is 675 g/mol. The minimum Gasteiger partial charge on any atom is -0.370 e. The number of benzene rings is 2. The van der Waals surface area contributed by atoms with E-state index in [1.54, 1.807) is 18.2 Å². The molecule has 0 saturated carbocycles. The van der Waals surface area contributed by atoms with Gasteiger partial charge in [-0.15, -0.1) is 0 Å². The maximum atomic E-state index is 13.6. The molecule has 7 heteroatoms. The predicted molar refractivity (Wildman–Crippen MR) is 209 cm³/mol. The van der Waals surface area contributed by atoms with Crippen molar-refractivity contribution in [3.05, 3.63) is 121 Å². The molecule has 0 aromatic heterocycles. The highest BCUT2D eigenvalue weighted by Gasteiger charge is 2.26. The molecule has 2 amide bonds. The summed E-state index contributed by atoms with van der Waals surface area (Å²) in [6.45, 7) is 24.6. The summed E-state index contributed by atoms with van der Waals surface area (Å²) in [5.41, 5.74) is 21.1. The Morgan fingerprint density at radius 1 is 0.918 bits per heavy atom. The molecular weight excluding hydrogens is 611 g/mol. The minimum absolute atomic E-state index is 0.0397. The fourth-order valence-electron chi connectivity index (χ4n) is 5.03. The summed E-state index contributed by atoms with van der Waals surface area (Å²) < 4.78 is 13.5. The summed E-state index contributed by atoms with van der Waals surface area (Å²) in [5.74, 6) is -0.651. The lowest BCUT2D eigenvalue weighted by molar-refractivity contribution is -0.118. The highest BCUT2D eigenvalue weighted by atomic mass is 19.1. The lowest BCUT2D eigenvalue weighted by Gasteiger charge is -2.25. The number of nitrogens with two attached hydrogens (primary N) is 3. The van der Waals surface area contributed by atoms with Crippen LogP contribution in [0.15, 0.2) is 109 Å². The van der Waals surface area contributed by atoms with E-state index in [0.717, 1.165) is 35.2 Å². The van der Waals surface area contributed by atoms with E-state index in [1.807, 2.05) is 63.3 Å². The van der Waals surface area contributed by atoms with Crippen molar-refractivity contribution in [3.8, 4) is 0 Å². The van der Waals surface area contributed by atoms with E-state index in [0.29, 0.717) is 24.0 Å². The van der Waals surface area contributed by atoms with Gasteiger partial charge in [0, 0.05) is 29.8 Å². The van der Waals surface area contributed by atoms with Crippen LogP contribution in [-0.4, -0.2) is 23.9 Å². The molecule has 0 fully saturated rings. The van der Waals surface area contributed by atoms with E-state index < -0.39 is 0 Å². The smallest absolute Gasteiger partial charge is 0.252 e. The second-order valence-corrected chi connectivity index (χ2v) is 12.4.